The van der Waals surface area contributed by atoms with Gasteiger partial charge in [0.15, 0.2) is 0 Å². The minimum Gasteiger partial charge on any atom is -0.390 e. The summed E-state index contributed by atoms with van der Waals surface area (Å²) < 4.78 is 0. The van der Waals surface area contributed by atoms with E-state index in [-0.39, 0.29) is 5.92 Å². The Kier molecular flexibility index (Phi) is 3.33. The molecule has 0 aromatic heterocycles. The van der Waals surface area contributed by atoms with Gasteiger partial charge in [0.05, 0.1) is 5.60 Å². The summed E-state index contributed by atoms with van der Waals surface area (Å²) >= 11 is 0. The lowest BCUT2D eigenvalue weighted by atomic mass is 9.86. The van der Waals surface area contributed by atoms with Gasteiger partial charge in [-0.2, -0.15) is 0 Å². The van der Waals surface area contributed by atoms with Crippen LogP contribution in [0, 0.1) is 12.8 Å². The maximum absolute atomic E-state index is 10.1. The minimum atomic E-state index is -0.602. The van der Waals surface area contributed by atoms with Crippen molar-refractivity contribution in [2.24, 2.45) is 5.92 Å². The molecule has 0 saturated carbocycles. The average Bonchev–Trinajstić information content (AvgIpc) is 2.08. The van der Waals surface area contributed by atoms with Crippen LogP contribution in [0.4, 0.5) is 0 Å². The van der Waals surface area contributed by atoms with E-state index in [2.05, 4.69) is 31.2 Å². The molecule has 1 nitrogen and oxygen atoms in total. The smallest absolute Gasteiger partial charge is 0.0682 e. The Labute approximate surface area is 86.8 Å². The molecule has 1 unspecified atom stereocenters. The molecule has 1 aromatic carbocycles. The predicted octanol–water partition coefficient (Wildman–Crippen LogP) is 2.94. The summed E-state index contributed by atoms with van der Waals surface area (Å²) in [6.45, 7) is 8.07. The lowest BCUT2D eigenvalue weighted by molar-refractivity contribution is 0.0139. The van der Waals surface area contributed by atoms with Crippen LogP contribution >= 0.6 is 0 Å². The Morgan fingerprint density at radius 2 is 1.71 bits per heavy atom. The number of hydrogen-bond donors (Lipinski definition) is 1. The second kappa shape index (κ2) is 4.14. The highest BCUT2D eigenvalue weighted by Crippen LogP contribution is 2.21. The third kappa shape index (κ3) is 2.85. The molecule has 0 aliphatic carbocycles. The Bertz CT molecular complexity index is 283. The topological polar surface area (TPSA) is 20.2 Å². The standard InChI is InChI=1S/C13H20O/c1-10(2)13(4,14)9-12-7-5-11(3)6-8-12/h5-8,10,14H,9H2,1-4H3. The zero-order valence-electron chi connectivity index (χ0n) is 9.54. The molecule has 0 radical (unpaired) electrons. The fourth-order valence-corrected chi connectivity index (χ4v) is 1.32. The summed E-state index contributed by atoms with van der Waals surface area (Å²) in [6, 6.07) is 8.36. The van der Waals surface area contributed by atoms with Gasteiger partial charge in [0, 0.05) is 6.42 Å². The SMILES string of the molecule is Cc1ccc(CC(C)(O)C(C)C)cc1. The van der Waals surface area contributed by atoms with E-state index in [1.165, 1.54) is 11.1 Å². The fourth-order valence-electron chi connectivity index (χ4n) is 1.32. The summed E-state index contributed by atoms with van der Waals surface area (Å²) in [6.07, 6.45) is 0.727. The zero-order chi connectivity index (χ0) is 10.8. The van der Waals surface area contributed by atoms with E-state index in [1.807, 2.05) is 20.8 Å². The van der Waals surface area contributed by atoms with Crippen LogP contribution in [0.5, 0.6) is 0 Å². The van der Waals surface area contributed by atoms with E-state index in [0.29, 0.717) is 0 Å². The van der Waals surface area contributed by atoms with Crippen LogP contribution in [-0.2, 0) is 6.42 Å². The van der Waals surface area contributed by atoms with Crippen molar-refractivity contribution in [2.45, 2.75) is 39.7 Å². The summed E-state index contributed by atoms with van der Waals surface area (Å²) in [5.74, 6) is 0.281. The predicted molar refractivity (Wildman–Crippen MR) is 60.3 cm³/mol. The van der Waals surface area contributed by atoms with Crippen molar-refractivity contribution < 1.29 is 5.11 Å². The molecular formula is C13H20O. The van der Waals surface area contributed by atoms with Crippen molar-refractivity contribution in [3.63, 3.8) is 0 Å². The molecule has 0 fully saturated rings. The van der Waals surface area contributed by atoms with Crippen molar-refractivity contribution in [1.82, 2.24) is 0 Å². The maximum Gasteiger partial charge on any atom is 0.0682 e. The summed E-state index contributed by atoms with van der Waals surface area (Å²) in [5.41, 5.74) is 1.86. The first-order valence-electron chi connectivity index (χ1n) is 5.20. The molecule has 1 N–H and O–H groups in total. The molecule has 1 aromatic rings. The molecule has 0 saturated heterocycles. The van der Waals surface area contributed by atoms with Gasteiger partial charge in [-0.1, -0.05) is 43.7 Å². The third-order valence-corrected chi connectivity index (χ3v) is 2.93. The quantitative estimate of drug-likeness (QED) is 0.780. The van der Waals surface area contributed by atoms with Gasteiger partial charge >= 0.3 is 0 Å². The molecule has 1 heteroatoms. The first kappa shape index (κ1) is 11.3. The van der Waals surface area contributed by atoms with E-state index >= 15 is 0 Å². The van der Waals surface area contributed by atoms with Crippen molar-refractivity contribution in [1.29, 1.82) is 0 Å². The van der Waals surface area contributed by atoms with Gasteiger partial charge in [-0.05, 0) is 25.3 Å². The molecule has 0 spiro atoms. The third-order valence-electron chi connectivity index (χ3n) is 2.93. The van der Waals surface area contributed by atoms with Crippen molar-refractivity contribution in [3.05, 3.63) is 35.4 Å². The highest BCUT2D eigenvalue weighted by molar-refractivity contribution is 5.22. The molecular weight excluding hydrogens is 172 g/mol. The van der Waals surface area contributed by atoms with Crippen LogP contribution in [0.2, 0.25) is 0 Å². The van der Waals surface area contributed by atoms with Gasteiger partial charge in [-0.15, -0.1) is 0 Å². The van der Waals surface area contributed by atoms with E-state index < -0.39 is 5.60 Å². The molecule has 1 atom stereocenters. The van der Waals surface area contributed by atoms with Gasteiger partial charge in [-0.25, -0.2) is 0 Å². The fraction of sp³-hybridized carbons (Fsp3) is 0.538. The first-order chi connectivity index (χ1) is 6.42. The van der Waals surface area contributed by atoms with Crippen LogP contribution in [0.15, 0.2) is 24.3 Å². The van der Waals surface area contributed by atoms with Gasteiger partial charge in [0.1, 0.15) is 0 Å². The Balaban J connectivity index is 2.74. The maximum atomic E-state index is 10.1. The monoisotopic (exact) mass is 192 g/mol. The minimum absolute atomic E-state index is 0.281. The van der Waals surface area contributed by atoms with Gasteiger partial charge in [0.2, 0.25) is 0 Å². The van der Waals surface area contributed by atoms with Crippen LogP contribution in [0.25, 0.3) is 0 Å². The summed E-state index contributed by atoms with van der Waals surface area (Å²) in [4.78, 5) is 0. The van der Waals surface area contributed by atoms with Gasteiger partial charge < -0.3 is 5.11 Å². The second-order valence-electron chi connectivity index (χ2n) is 4.67. The van der Waals surface area contributed by atoms with E-state index in [4.69, 9.17) is 0 Å². The molecule has 14 heavy (non-hydrogen) atoms. The van der Waals surface area contributed by atoms with Crippen LogP contribution in [0.1, 0.15) is 31.9 Å². The Morgan fingerprint density at radius 3 is 2.14 bits per heavy atom. The van der Waals surface area contributed by atoms with Crippen LogP contribution in [-0.4, -0.2) is 10.7 Å². The molecule has 0 amide bonds. The molecule has 78 valence electrons. The number of rotatable bonds is 3. The number of aryl methyl sites for hydroxylation is 1. The molecule has 0 bridgehead atoms. The molecule has 0 heterocycles. The summed E-state index contributed by atoms with van der Waals surface area (Å²) in [5, 5.41) is 10.1. The normalized spacial score (nSPS) is 15.6. The molecule has 0 aliphatic heterocycles. The van der Waals surface area contributed by atoms with E-state index in [9.17, 15) is 5.11 Å². The molecule has 1 rings (SSSR count). The number of aliphatic hydroxyl groups is 1. The van der Waals surface area contributed by atoms with E-state index in [0.717, 1.165) is 6.42 Å². The summed E-state index contributed by atoms with van der Waals surface area (Å²) in [7, 11) is 0. The van der Waals surface area contributed by atoms with Gasteiger partial charge in [0.25, 0.3) is 0 Å². The van der Waals surface area contributed by atoms with Crippen LogP contribution < -0.4 is 0 Å². The van der Waals surface area contributed by atoms with Crippen molar-refractivity contribution >= 4 is 0 Å². The van der Waals surface area contributed by atoms with Crippen molar-refractivity contribution in [3.8, 4) is 0 Å². The van der Waals surface area contributed by atoms with E-state index in [1.54, 1.807) is 0 Å². The molecule has 0 aliphatic rings. The van der Waals surface area contributed by atoms with Crippen molar-refractivity contribution in [2.75, 3.05) is 0 Å². The number of hydrogen-bond acceptors (Lipinski definition) is 1. The van der Waals surface area contributed by atoms with Gasteiger partial charge in [-0.3, -0.25) is 0 Å². The first-order valence-corrected chi connectivity index (χ1v) is 5.20. The average molecular weight is 192 g/mol. The largest absolute Gasteiger partial charge is 0.390 e. The Morgan fingerprint density at radius 1 is 1.21 bits per heavy atom. The second-order valence-corrected chi connectivity index (χ2v) is 4.67. The lowest BCUT2D eigenvalue weighted by Gasteiger charge is -2.27. The highest BCUT2D eigenvalue weighted by Gasteiger charge is 2.24. The zero-order valence-corrected chi connectivity index (χ0v) is 9.54. The number of benzene rings is 1. The lowest BCUT2D eigenvalue weighted by Crippen LogP contribution is -2.33. The highest BCUT2D eigenvalue weighted by atomic mass is 16.3. The van der Waals surface area contributed by atoms with Crippen LogP contribution in [0.3, 0.4) is 0 Å². The Hall–Kier alpha value is -0.820.